The number of rotatable bonds is 4. The van der Waals surface area contributed by atoms with Crippen molar-refractivity contribution >= 4 is 17.7 Å². The van der Waals surface area contributed by atoms with Gasteiger partial charge >= 0.3 is 18.1 Å². The summed E-state index contributed by atoms with van der Waals surface area (Å²) in [6.07, 6.45) is -5.15. The molecule has 19 heavy (non-hydrogen) atoms. The van der Waals surface area contributed by atoms with Gasteiger partial charge in [-0.3, -0.25) is 9.59 Å². The number of esters is 1. The Bertz CT molecular complexity index is 339. The second-order valence-electron chi connectivity index (χ2n) is 3.61. The van der Waals surface area contributed by atoms with Gasteiger partial charge in [-0.15, -0.1) is 0 Å². The van der Waals surface area contributed by atoms with E-state index < -0.39 is 18.1 Å². The fourth-order valence-electron chi connectivity index (χ4n) is 1.01. The third-order valence-electron chi connectivity index (χ3n) is 2.10. The molecular formula is C10H14F3NO5. The molecule has 1 saturated heterocycles. The quantitative estimate of drug-likeness (QED) is 0.572. The van der Waals surface area contributed by atoms with E-state index in [1.54, 1.807) is 6.92 Å². The number of carboxylic acid groups (broad SMARTS) is 1. The van der Waals surface area contributed by atoms with Crippen LogP contribution in [0, 0.1) is 5.92 Å². The zero-order valence-corrected chi connectivity index (χ0v) is 10.1. The molecule has 0 unspecified atom stereocenters. The van der Waals surface area contributed by atoms with Crippen molar-refractivity contribution < 1.29 is 37.4 Å². The minimum Gasteiger partial charge on any atom is -0.475 e. The molecule has 0 aromatic heterocycles. The van der Waals surface area contributed by atoms with Crippen LogP contribution >= 0.6 is 0 Å². The van der Waals surface area contributed by atoms with Crippen LogP contribution in [-0.4, -0.2) is 48.7 Å². The van der Waals surface area contributed by atoms with E-state index in [-0.39, 0.29) is 18.1 Å². The number of ether oxygens (including phenoxy) is 1. The van der Waals surface area contributed by atoms with Crippen LogP contribution in [0.2, 0.25) is 0 Å². The lowest BCUT2D eigenvalue weighted by Gasteiger charge is -2.25. The first kappa shape index (κ1) is 17.4. The van der Waals surface area contributed by atoms with Crippen molar-refractivity contribution in [1.29, 1.82) is 0 Å². The van der Waals surface area contributed by atoms with E-state index in [2.05, 4.69) is 10.1 Å². The van der Waals surface area contributed by atoms with Crippen molar-refractivity contribution in [2.45, 2.75) is 19.5 Å². The molecular weight excluding hydrogens is 271 g/mol. The SMILES string of the molecule is CCOC(=O)CC(=O)C1CNC1.O=C(O)C(F)(F)F. The normalized spacial score (nSPS) is 14.7. The van der Waals surface area contributed by atoms with Crippen molar-refractivity contribution in [3.8, 4) is 0 Å². The highest BCUT2D eigenvalue weighted by atomic mass is 19.4. The number of nitrogens with one attached hydrogen (secondary N) is 1. The smallest absolute Gasteiger partial charge is 0.475 e. The number of halogens is 3. The summed E-state index contributed by atoms with van der Waals surface area (Å²) in [6, 6.07) is 0. The third kappa shape index (κ3) is 7.39. The van der Waals surface area contributed by atoms with Crippen LogP contribution in [0.1, 0.15) is 13.3 Å². The van der Waals surface area contributed by atoms with E-state index >= 15 is 0 Å². The van der Waals surface area contributed by atoms with Crippen LogP contribution in [-0.2, 0) is 19.1 Å². The lowest BCUT2D eigenvalue weighted by molar-refractivity contribution is -0.192. The lowest BCUT2D eigenvalue weighted by Crippen LogP contribution is -2.47. The summed E-state index contributed by atoms with van der Waals surface area (Å²) in [4.78, 5) is 30.9. The third-order valence-corrected chi connectivity index (χ3v) is 2.10. The highest BCUT2D eigenvalue weighted by Gasteiger charge is 2.38. The molecule has 9 heteroatoms. The largest absolute Gasteiger partial charge is 0.490 e. The van der Waals surface area contributed by atoms with Crippen LogP contribution in [0.15, 0.2) is 0 Å². The van der Waals surface area contributed by atoms with Crippen molar-refractivity contribution in [3.63, 3.8) is 0 Å². The average molecular weight is 285 g/mol. The molecule has 0 amide bonds. The predicted octanol–water partition coefficient (Wildman–Crippen LogP) is 0.361. The number of hydrogen-bond acceptors (Lipinski definition) is 5. The number of carbonyl (C=O) groups is 3. The van der Waals surface area contributed by atoms with Gasteiger partial charge in [0.25, 0.3) is 0 Å². The number of Topliss-reactive ketones (excluding diaryl/α,β-unsaturated/α-hetero) is 1. The first-order valence-corrected chi connectivity index (χ1v) is 5.37. The van der Waals surface area contributed by atoms with Crippen molar-refractivity contribution in [2.75, 3.05) is 19.7 Å². The minimum atomic E-state index is -5.08. The zero-order valence-electron chi connectivity index (χ0n) is 10.1. The summed E-state index contributed by atoms with van der Waals surface area (Å²) in [7, 11) is 0. The van der Waals surface area contributed by atoms with Crippen molar-refractivity contribution in [3.05, 3.63) is 0 Å². The summed E-state index contributed by atoms with van der Waals surface area (Å²) in [5, 5.41) is 10.1. The van der Waals surface area contributed by atoms with Crippen LogP contribution in [0.4, 0.5) is 13.2 Å². The van der Waals surface area contributed by atoms with Gasteiger partial charge in [0.05, 0.1) is 6.61 Å². The van der Waals surface area contributed by atoms with Gasteiger partial charge in [-0.1, -0.05) is 0 Å². The van der Waals surface area contributed by atoms with E-state index in [9.17, 15) is 22.8 Å². The number of alkyl halides is 3. The molecule has 0 aliphatic carbocycles. The predicted molar refractivity (Wildman–Crippen MR) is 56.3 cm³/mol. The molecule has 0 bridgehead atoms. The summed E-state index contributed by atoms with van der Waals surface area (Å²) in [5.41, 5.74) is 0. The van der Waals surface area contributed by atoms with E-state index in [1.165, 1.54) is 0 Å². The topological polar surface area (TPSA) is 92.7 Å². The standard InChI is InChI=1S/C8H13NO3.C2HF3O2/c1-2-12-8(11)3-7(10)6-4-9-5-6;3-2(4,5)1(6)7/h6,9H,2-5H2,1H3;(H,6,7). The van der Waals surface area contributed by atoms with Gasteiger partial charge in [0.1, 0.15) is 12.2 Å². The van der Waals surface area contributed by atoms with Gasteiger partial charge in [-0.05, 0) is 6.92 Å². The second-order valence-corrected chi connectivity index (χ2v) is 3.61. The molecule has 0 spiro atoms. The fourth-order valence-corrected chi connectivity index (χ4v) is 1.01. The molecule has 1 rings (SSSR count). The maximum absolute atomic E-state index is 11.2. The highest BCUT2D eigenvalue weighted by molar-refractivity contribution is 5.97. The first-order valence-electron chi connectivity index (χ1n) is 5.37. The molecule has 1 aliphatic heterocycles. The average Bonchev–Trinajstić information content (AvgIpc) is 2.13. The van der Waals surface area contributed by atoms with Gasteiger partial charge in [0.15, 0.2) is 0 Å². The van der Waals surface area contributed by atoms with Gasteiger partial charge in [0, 0.05) is 19.0 Å². The van der Waals surface area contributed by atoms with Crippen LogP contribution < -0.4 is 5.32 Å². The fraction of sp³-hybridized carbons (Fsp3) is 0.700. The van der Waals surface area contributed by atoms with Crippen LogP contribution in [0.3, 0.4) is 0 Å². The van der Waals surface area contributed by atoms with Crippen molar-refractivity contribution in [2.24, 2.45) is 5.92 Å². The molecule has 0 aromatic carbocycles. The molecule has 0 saturated carbocycles. The van der Waals surface area contributed by atoms with Crippen LogP contribution in [0.5, 0.6) is 0 Å². The Morgan fingerprint density at radius 2 is 1.79 bits per heavy atom. The van der Waals surface area contributed by atoms with E-state index in [0.29, 0.717) is 19.7 Å². The highest BCUT2D eigenvalue weighted by Crippen LogP contribution is 2.13. The van der Waals surface area contributed by atoms with Gasteiger partial charge < -0.3 is 15.2 Å². The maximum Gasteiger partial charge on any atom is 0.490 e. The van der Waals surface area contributed by atoms with Crippen LogP contribution in [0.25, 0.3) is 0 Å². The Kier molecular flexibility index (Phi) is 7.05. The van der Waals surface area contributed by atoms with Gasteiger partial charge in [-0.25, -0.2) is 4.79 Å². The molecule has 0 radical (unpaired) electrons. The Labute approximate surface area is 106 Å². The molecule has 1 heterocycles. The van der Waals surface area contributed by atoms with Crippen molar-refractivity contribution in [1.82, 2.24) is 5.32 Å². The molecule has 0 atom stereocenters. The van der Waals surface area contributed by atoms with Gasteiger partial charge in [0.2, 0.25) is 0 Å². The zero-order chi connectivity index (χ0) is 15.1. The molecule has 1 aliphatic rings. The van der Waals surface area contributed by atoms with Gasteiger partial charge in [-0.2, -0.15) is 13.2 Å². The summed E-state index contributed by atoms with van der Waals surface area (Å²) in [5.74, 6) is -3.14. The van der Waals surface area contributed by atoms with E-state index in [1.807, 2.05) is 0 Å². The molecule has 1 fully saturated rings. The summed E-state index contributed by atoms with van der Waals surface area (Å²) in [6.45, 7) is 3.48. The summed E-state index contributed by atoms with van der Waals surface area (Å²) >= 11 is 0. The molecule has 6 nitrogen and oxygen atoms in total. The Hall–Kier alpha value is -1.64. The second kappa shape index (κ2) is 7.72. The number of aliphatic carboxylic acids is 1. The maximum atomic E-state index is 11.2. The lowest BCUT2D eigenvalue weighted by atomic mass is 9.96. The molecule has 0 aromatic rings. The molecule has 2 N–H and O–H groups in total. The number of carbonyl (C=O) groups excluding carboxylic acids is 2. The van der Waals surface area contributed by atoms with E-state index in [4.69, 9.17) is 9.90 Å². The molecule has 110 valence electrons. The number of hydrogen-bond donors (Lipinski definition) is 2. The number of carboxylic acids is 1. The monoisotopic (exact) mass is 285 g/mol. The van der Waals surface area contributed by atoms with E-state index in [0.717, 1.165) is 0 Å². The first-order chi connectivity index (χ1) is 8.68. The number of ketones is 1. The minimum absolute atomic E-state index is 0.00722. The summed E-state index contributed by atoms with van der Waals surface area (Å²) < 4.78 is 36.4. The Morgan fingerprint density at radius 3 is 2.05 bits per heavy atom. The Morgan fingerprint density at radius 1 is 1.32 bits per heavy atom. The Balaban J connectivity index is 0.000000399.